The first-order chi connectivity index (χ1) is 13.9. The van der Waals surface area contributed by atoms with Gasteiger partial charge in [0.25, 0.3) is 17.6 Å². The number of benzene rings is 1. The predicted molar refractivity (Wildman–Crippen MR) is 101 cm³/mol. The number of nitrogens with one attached hydrogen (secondary N) is 2. The number of carbonyl (C=O) groups excluding carboxylic acids is 5. The topological polar surface area (TPSA) is 118 Å². The van der Waals surface area contributed by atoms with Crippen LogP contribution in [0.5, 0.6) is 0 Å². The number of Topliss-reactive ketones (excluding diaryl/α,β-unsaturated/α-hetero) is 1. The normalized spacial score (nSPS) is 18.4. The summed E-state index contributed by atoms with van der Waals surface area (Å²) in [6, 6.07) is 7.28. The summed E-state index contributed by atoms with van der Waals surface area (Å²) in [5, 5.41) is 4.83. The van der Waals surface area contributed by atoms with Crippen LogP contribution in [0, 0.1) is 0 Å². The van der Waals surface area contributed by atoms with Gasteiger partial charge >= 0.3 is 0 Å². The van der Waals surface area contributed by atoms with Gasteiger partial charge in [0.1, 0.15) is 6.04 Å². The lowest BCUT2D eigenvalue weighted by atomic mass is 10.0. The van der Waals surface area contributed by atoms with E-state index in [1.165, 1.54) is 4.90 Å². The maximum absolute atomic E-state index is 12.8. The maximum atomic E-state index is 12.8. The molecule has 4 amide bonds. The Kier molecular flexibility index (Phi) is 4.50. The summed E-state index contributed by atoms with van der Waals surface area (Å²) < 4.78 is 1.55. The van der Waals surface area contributed by atoms with Crippen LogP contribution >= 0.6 is 0 Å². The smallest absolute Gasteiger partial charge is 0.298 e. The van der Waals surface area contributed by atoms with Crippen LogP contribution in [0.3, 0.4) is 0 Å². The lowest BCUT2D eigenvalue weighted by Crippen LogP contribution is -2.52. The van der Waals surface area contributed by atoms with Crippen molar-refractivity contribution in [3.8, 4) is 0 Å². The van der Waals surface area contributed by atoms with E-state index >= 15 is 0 Å². The van der Waals surface area contributed by atoms with E-state index in [0.29, 0.717) is 16.8 Å². The van der Waals surface area contributed by atoms with Crippen molar-refractivity contribution in [2.45, 2.75) is 25.4 Å². The number of fused-ring (bicyclic) bond motifs is 1. The van der Waals surface area contributed by atoms with E-state index in [1.54, 1.807) is 48.1 Å². The van der Waals surface area contributed by atoms with Crippen molar-refractivity contribution < 1.29 is 24.0 Å². The molecule has 2 aliphatic rings. The van der Waals surface area contributed by atoms with Crippen LogP contribution in [0.4, 0.5) is 5.69 Å². The molecule has 1 atom stereocenters. The van der Waals surface area contributed by atoms with E-state index in [0.717, 1.165) is 0 Å². The van der Waals surface area contributed by atoms with Crippen molar-refractivity contribution >= 4 is 35.1 Å². The Balaban J connectivity index is 1.56. The van der Waals surface area contributed by atoms with Crippen LogP contribution < -0.4 is 10.6 Å². The number of carbonyl (C=O) groups is 5. The Hall–Kier alpha value is -3.75. The molecule has 9 heteroatoms. The average Bonchev–Trinajstić information content (AvgIpc) is 3.26. The van der Waals surface area contributed by atoms with Crippen LogP contribution in [0.1, 0.15) is 39.3 Å². The molecule has 3 heterocycles. The zero-order valence-electron chi connectivity index (χ0n) is 15.6. The van der Waals surface area contributed by atoms with Gasteiger partial charge in [0.2, 0.25) is 11.8 Å². The molecular weight excluding hydrogens is 376 g/mol. The quantitative estimate of drug-likeness (QED) is 0.448. The molecule has 0 bridgehead atoms. The highest BCUT2D eigenvalue weighted by molar-refractivity contribution is 6.46. The lowest BCUT2D eigenvalue weighted by molar-refractivity contribution is -0.136. The zero-order chi connectivity index (χ0) is 20.7. The second-order valence-electron chi connectivity index (χ2n) is 7.02. The number of anilines is 1. The van der Waals surface area contributed by atoms with Crippen molar-refractivity contribution in [2.75, 3.05) is 5.32 Å². The molecule has 4 rings (SSSR count). The summed E-state index contributed by atoms with van der Waals surface area (Å²) in [4.78, 5) is 62.6. The largest absolute Gasteiger partial charge is 0.348 e. The summed E-state index contributed by atoms with van der Waals surface area (Å²) in [6.07, 6.45) is 2.07. The molecule has 0 aliphatic carbocycles. The fourth-order valence-corrected chi connectivity index (χ4v) is 3.70. The van der Waals surface area contributed by atoms with Gasteiger partial charge < -0.3 is 14.8 Å². The minimum absolute atomic E-state index is 0.106. The summed E-state index contributed by atoms with van der Waals surface area (Å²) in [5.74, 6) is -2.72. The van der Waals surface area contributed by atoms with Crippen LogP contribution in [0.2, 0.25) is 0 Å². The number of aromatic nitrogens is 1. The van der Waals surface area contributed by atoms with Crippen LogP contribution in [-0.4, -0.2) is 44.9 Å². The minimum Gasteiger partial charge on any atom is -0.348 e. The number of aryl methyl sites for hydroxylation is 1. The SMILES string of the molecule is Cn1cccc1C(=O)C(=O)Nc1cccc2c1CN(C1CCC(=O)NC1=O)C2=O. The van der Waals surface area contributed by atoms with E-state index in [4.69, 9.17) is 0 Å². The van der Waals surface area contributed by atoms with Crippen LogP contribution in [0.25, 0.3) is 0 Å². The molecule has 148 valence electrons. The fourth-order valence-electron chi connectivity index (χ4n) is 3.70. The molecule has 1 unspecified atom stereocenters. The number of hydrogen-bond donors (Lipinski definition) is 2. The molecule has 1 fully saturated rings. The van der Waals surface area contributed by atoms with Crippen molar-refractivity contribution in [1.82, 2.24) is 14.8 Å². The first-order valence-electron chi connectivity index (χ1n) is 9.10. The highest BCUT2D eigenvalue weighted by Gasteiger charge is 2.40. The number of rotatable bonds is 4. The predicted octanol–water partition coefficient (Wildman–Crippen LogP) is 0.607. The fraction of sp³-hybridized carbons (Fsp3) is 0.250. The number of piperidine rings is 1. The van der Waals surface area contributed by atoms with Gasteiger partial charge in [-0.15, -0.1) is 0 Å². The van der Waals surface area contributed by atoms with E-state index < -0.39 is 23.6 Å². The Morgan fingerprint density at radius 1 is 1.14 bits per heavy atom. The molecule has 1 aromatic carbocycles. The van der Waals surface area contributed by atoms with E-state index in [1.807, 2.05) is 0 Å². The molecular formula is C20H18N4O5. The van der Waals surface area contributed by atoms with Gasteiger partial charge in [-0.05, 0) is 30.7 Å². The first-order valence-corrected chi connectivity index (χ1v) is 9.10. The number of hydrogen-bond acceptors (Lipinski definition) is 5. The average molecular weight is 394 g/mol. The number of nitrogens with zero attached hydrogens (tertiary/aromatic N) is 2. The monoisotopic (exact) mass is 394 g/mol. The second kappa shape index (κ2) is 7.01. The molecule has 0 radical (unpaired) electrons. The third-order valence-corrected chi connectivity index (χ3v) is 5.21. The van der Waals surface area contributed by atoms with Gasteiger partial charge in [-0.1, -0.05) is 6.07 Å². The first kappa shape index (κ1) is 18.6. The molecule has 0 spiro atoms. The summed E-state index contributed by atoms with van der Waals surface area (Å²) in [6.45, 7) is 0.106. The molecule has 2 aliphatic heterocycles. The Bertz CT molecular complexity index is 1070. The second-order valence-corrected chi connectivity index (χ2v) is 7.02. The van der Waals surface area contributed by atoms with Gasteiger partial charge in [-0.2, -0.15) is 0 Å². The van der Waals surface area contributed by atoms with Gasteiger partial charge in [-0.25, -0.2) is 0 Å². The van der Waals surface area contributed by atoms with Crippen molar-refractivity contribution in [1.29, 1.82) is 0 Å². The summed E-state index contributed by atoms with van der Waals surface area (Å²) in [5.41, 5.74) is 1.49. The Morgan fingerprint density at radius 2 is 1.93 bits per heavy atom. The molecule has 2 aromatic rings. The van der Waals surface area contributed by atoms with Gasteiger partial charge in [0, 0.05) is 43.0 Å². The highest BCUT2D eigenvalue weighted by Crippen LogP contribution is 2.32. The van der Waals surface area contributed by atoms with Gasteiger partial charge in [0.05, 0.1) is 5.69 Å². The van der Waals surface area contributed by atoms with Gasteiger partial charge in [-0.3, -0.25) is 29.3 Å². The zero-order valence-corrected chi connectivity index (χ0v) is 15.6. The third kappa shape index (κ3) is 3.20. The lowest BCUT2D eigenvalue weighted by Gasteiger charge is -2.29. The van der Waals surface area contributed by atoms with E-state index in [9.17, 15) is 24.0 Å². The third-order valence-electron chi connectivity index (χ3n) is 5.21. The standard InChI is InChI=1S/C20H18N4O5/c1-23-9-3-6-14(23)17(26)19(28)21-13-5-2-4-11-12(13)10-24(20(11)29)15-7-8-16(25)22-18(15)27/h2-6,9,15H,7-8,10H2,1H3,(H,21,28)(H,22,25,27). The molecule has 1 saturated heterocycles. The van der Waals surface area contributed by atoms with Crippen molar-refractivity contribution in [2.24, 2.45) is 7.05 Å². The number of ketones is 1. The maximum Gasteiger partial charge on any atom is 0.298 e. The highest BCUT2D eigenvalue weighted by atomic mass is 16.2. The number of amides is 4. The van der Waals surface area contributed by atoms with Gasteiger partial charge in [0.15, 0.2) is 0 Å². The Morgan fingerprint density at radius 3 is 2.62 bits per heavy atom. The van der Waals surface area contributed by atoms with Crippen LogP contribution in [0.15, 0.2) is 36.5 Å². The molecule has 1 aromatic heterocycles. The van der Waals surface area contributed by atoms with Crippen LogP contribution in [-0.2, 0) is 28.0 Å². The van der Waals surface area contributed by atoms with E-state index in [-0.39, 0.29) is 36.9 Å². The van der Waals surface area contributed by atoms with Crippen molar-refractivity contribution in [3.05, 3.63) is 53.3 Å². The molecule has 9 nitrogen and oxygen atoms in total. The van der Waals surface area contributed by atoms with E-state index in [2.05, 4.69) is 10.6 Å². The molecule has 0 saturated carbocycles. The summed E-state index contributed by atoms with van der Waals surface area (Å²) in [7, 11) is 1.66. The number of imide groups is 1. The van der Waals surface area contributed by atoms with Crippen molar-refractivity contribution in [3.63, 3.8) is 0 Å². The Labute approximate surface area is 165 Å². The molecule has 2 N–H and O–H groups in total. The molecule has 29 heavy (non-hydrogen) atoms. The minimum atomic E-state index is -0.813. The summed E-state index contributed by atoms with van der Waals surface area (Å²) >= 11 is 0.